The molecule has 0 radical (unpaired) electrons. The van der Waals surface area contributed by atoms with Gasteiger partial charge in [0.2, 0.25) is 0 Å². The summed E-state index contributed by atoms with van der Waals surface area (Å²) in [6.07, 6.45) is 3.20. The van der Waals surface area contributed by atoms with Crippen LogP contribution < -0.4 is 4.74 Å². The zero-order chi connectivity index (χ0) is 19.7. The van der Waals surface area contributed by atoms with Crippen molar-refractivity contribution in [1.29, 1.82) is 0 Å². The maximum Gasteiger partial charge on any atom is 0.286 e. The van der Waals surface area contributed by atoms with Crippen LogP contribution in [0.15, 0.2) is 67.0 Å². The van der Waals surface area contributed by atoms with Gasteiger partial charge in [-0.25, -0.2) is 4.98 Å². The predicted molar refractivity (Wildman–Crippen MR) is 108 cm³/mol. The minimum Gasteiger partial charge on any atom is -0.489 e. The van der Waals surface area contributed by atoms with Crippen molar-refractivity contribution in [3.63, 3.8) is 0 Å². The molecule has 4 aromatic rings. The van der Waals surface area contributed by atoms with Crippen LogP contribution in [0.5, 0.6) is 5.75 Å². The molecule has 0 aliphatic heterocycles. The average Bonchev–Trinajstić information content (AvgIpc) is 3.12. The molecule has 8 heteroatoms. The Balaban J connectivity index is 1.50. The summed E-state index contributed by atoms with van der Waals surface area (Å²) >= 11 is 11.9. The number of hydrogen-bond acceptors (Lipinski definition) is 4. The summed E-state index contributed by atoms with van der Waals surface area (Å²) in [5, 5.41) is 11.9. The first-order chi connectivity index (χ1) is 13.5. The van der Waals surface area contributed by atoms with Crippen molar-refractivity contribution in [2.75, 3.05) is 0 Å². The minimum atomic E-state index is -0.431. The number of benzene rings is 2. The number of imidazole rings is 1. The lowest BCUT2D eigenvalue weighted by molar-refractivity contribution is -0.385. The molecule has 6 nitrogen and oxygen atoms in total. The van der Waals surface area contributed by atoms with E-state index in [1.165, 1.54) is 12.3 Å². The highest BCUT2D eigenvalue weighted by Gasteiger charge is 2.10. The highest BCUT2D eigenvalue weighted by atomic mass is 35.5. The molecule has 0 saturated carbocycles. The van der Waals surface area contributed by atoms with E-state index in [0.717, 1.165) is 16.8 Å². The number of halogens is 2. The van der Waals surface area contributed by atoms with E-state index in [-0.39, 0.29) is 5.69 Å². The maximum absolute atomic E-state index is 10.9. The van der Waals surface area contributed by atoms with Gasteiger partial charge in [0.15, 0.2) is 0 Å². The largest absolute Gasteiger partial charge is 0.489 e. The molecule has 28 heavy (non-hydrogen) atoms. The molecule has 4 rings (SSSR count). The summed E-state index contributed by atoms with van der Waals surface area (Å²) in [6, 6.07) is 15.9. The Bertz CT molecular complexity index is 1170. The Labute approximate surface area is 170 Å². The number of ether oxygens (including phenoxy) is 1. The van der Waals surface area contributed by atoms with Gasteiger partial charge in [0.1, 0.15) is 18.0 Å². The summed E-state index contributed by atoms with van der Waals surface area (Å²) < 4.78 is 7.42. The number of nitro groups is 1. The fourth-order valence-electron chi connectivity index (χ4n) is 2.75. The van der Waals surface area contributed by atoms with E-state index in [4.69, 9.17) is 27.9 Å². The Morgan fingerprint density at radius 2 is 1.79 bits per heavy atom. The highest BCUT2D eigenvalue weighted by Crippen LogP contribution is 2.25. The molecule has 2 aromatic carbocycles. The van der Waals surface area contributed by atoms with E-state index in [0.29, 0.717) is 28.0 Å². The topological polar surface area (TPSA) is 69.7 Å². The lowest BCUT2D eigenvalue weighted by Gasteiger charge is -2.07. The molecule has 0 saturated heterocycles. The number of fused-ring (bicyclic) bond motifs is 1. The Hall–Kier alpha value is -3.09. The molecule has 0 aliphatic rings. The van der Waals surface area contributed by atoms with Gasteiger partial charge in [-0.2, -0.15) is 0 Å². The zero-order valence-corrected chi connectivity index (χ0v) is 15.9. The molecule has 0 aliphatic carbocycles. The minimum absolute atomic E-state index is 0.0162. The van der Waals surface area contributed by atoms with Crippen LogP contribution in [-0.4, -0.2) is 14.3 Å². The molecule has 0 spiro atoms. The first-order valence-electron chi connectivity index (χ1n) is 8.30. The molecule has 0 amide bonds. The van der Waals surface area contributed by atoms with Crippen molar-refractivity contribution in [2.24, 2.45) is 0 Å². The van der Waals surface area contributed by atoms with Crippen LogP contribution in [0.2, 0.25) is 10.0 Å². The predicted octanol–water partition coefficient (Wildman–Crippen LogP) is 5.80. The highest BCUT2D eigenvalue weighted by molar-refractivity contribution is 6.42. The summed E-state index contributed by atoms with van der Waals surface area (Å²) in [4.78, 5) is 15.0. The van der Waals surface area contributed by atoms with Crippen molar-refractivity contribution < 1.29 is 9.66 Å². The fourth-order valence-corrected chi connectivity index (χ4v) is 3.07. The van der Waals surface area contributed by atoms with Crippen molar-refractivity contribution in [1.82, 2.24) is 9.38 Å². The summed E-state index contributed by atoms with van der Waals surface area (Å²) in [5.41, 5.74) is 3.17. The van der Waals surface area contributed by atoms with Crippen LogP contribution in [0.1, 0.15) is 5.56 Å². The second kappa shape index (κ2) is 7.50. The third kappa shape index (κ3) is 3.78. The van der Waals surface area contributed by atoms with E-state index >= 15 is 0 Å². The second-order valence-corrected chi connectivity index (χ2v) is 6.91. The standard InChI is InChI=1S/C20H13Cl2N3O3/c21-17-7-1-13(9-18(17)22)12-28-16-5-2-14(3-6-16)19-11-24-10-15(25(26)27)4-8-20(24)23-19/h1-11H,12H2. The number of pyridine rings is 1. The number of aromatic nitrogens is 2. The lowest BCUT2D eigenvalue weighted by Crippen LogP contribution is -1.95. The van der Waals surface area contributed by atoms with Crippen molar-refractivity contribution >= 4 is 34.5 Å². The van der Waals surface area contributed by atoms with Crippen molar-refractivity contribution in [3.8, 4) is 17.0 Å². The lowest BCUT2D eigenvalue weighted by atomic mass is 10.1. The van der Waals surface area contributed by atoms with Crippen LogP contribution in [0.4, 0.5) is 5.69 Å². The van der Waals surface area contributed by atoms with Gasteiger partial charge >= 0.3 is 0 Å². The number of hydrogen-bond donors (Lipinski definition) is 0. The number of nitrogens with zero attached hydrogens (tertiary/aromatic N) is 3. The van der Waals surface area contributed by atoms with Gasteiger partial charge in [-0.15, -0.1) is 0 Å². The second-order valence-electron chi connectivity index (χ2n) is 6.10. The molecular formula is C20H13Cl2N3O3. The summed E-state index contributed by atoms with van der Waals surface area (Å²) in [7, 11) is 0. The van der Waals surface area contributed by atoms with Crippen molar-refractivity contribution in [2.45, 2.75) is 6.61 Å². The van der Waals surface area contributed by atoms with Crippen molar-refractivity contribution in [3.05, 3.63) is 92.7 Å². The summed E-state index contributed by atoms with van der Waals surface area (Å²) in [6.45, 7) is 0.369. The van der Waals surface area contributed by atoms with Crippen LogP contribution in [0.3, 0.4) is 0 Å². The molecule has 0 bridgehead atoms. The SMILES string of the molecule is O=[N+]([O-])c1ccc2nc(-c3ccc(OCc4ccc(Cl)c(Cl)c4)cc3)cn2c1. The Morgan fingerprint density at radius 1 is 1.00 bits per heavy atom. The van der Waals surface area contributed by atoms with Gasteiger partial charge in [-0.1, -0.05) is 29.3 Å². The first-order valence-corrected chi connectivity index (χ1v) is 9.05. The first kappa shape index (κ1) is 18.3. The van der Waals surface area contributed by atoms with Gasteiger partial charge in [0.05, 0.1) is 26.9 Å². The normalized spacial score (nSPS) is 10.9. The van der Waals surface area contributed by atoms with Gasteiger partial charge < -0.3 is 4.74 Å². The van der Waals surface area contributed by atoms with Crippen LogP contribution in [-0.2, 0) is 6.61 Å². The van der Waals surface area contributed by atoms with Crippen LogP contribution in [0.25, 0.3) is 16.9 Å². The van der Waals surface area contributed by atoms with Gasteiger partial charge in [0.25, 0.3) is 5.69 Å². The van der Waals surface area contributed by atoms with E-state index in [1.54, 1.807) is 28.8 Å². The molecule has 0 N–H and O–H groups in total. The summed E-state index contributed by atoms with van der Waals surface area (Å²) in [5.74, 6) is 0.703. The Kier molecular flexibility index (Phi) is 4.90. The smallest absolute Gasteiger partial charge is 0.286 e. The monoisotopic (exact) mass is 413 g/mol. The molecule has 2 heterocycles. The van der Waals surface area contributed by atoms with Gasteiger partial charge in [-0.3, -0.25) is 14.5 Å². The third-order valence-electron chi connectivity index (χ3n) is 4.19. The van der Waals surface area contributed by atoms with Gasteiger partial charge in [-0.05, 0) is 48.0 Å². The molecule has 140 valence electrons. The number of rotatable bonds is 5. The van der Waals surface area contributed by atoms with E-state index in [1.807, 2.05) is 30.3 Å². The van der Waals surface area contributed by atoms with E-state index in [2.05, 4.69) is 4.98 Å². The van der Waals surface area contributed by atoms with Gasteiger partial charge in [0, 0.05) is 17.8 Å². The average molecular weight is 414 g/mol. The van der Waals surface area contributed by atoms with E-state index < -0.39 is 4.92 Å². The molecule has 0 atom stereocenters. The Morgan fingerprint density at radius 3 is 2.50 bits per heavy atom. The molecule has 2 aromatic heterocycles. The fraction of sp³-hybridized carbons (Fsp3) is 0.0500. The third-order valence-corrected chi connectivity index (χ3v) is 4.92. The quantitative estimate of drug-likeness (QED) is 0.306. The van der Waals surface area contributed by atoms with Crippen LogP contribution >= 0.6 is 23.2 Å². The zero-order valence-electron chi connectivity index (χ0n) is 14.4. The molecular weight excluding hydrogens is 401 g/mol. The molecule has 0 unspecified atom stereocenters. The van der Waals surface area contributed by atoms with E-state index in [9.17, 15) is 10.1 Å². The van der Waals surface area contributed by atoms with Crippen LogP contribution in [0, 0.1) is 10.1 Å². The maximum atomic E-state index is 10.9. The molecule has 0 fully saturated rings.